The average Bonchev–Trinajstić information content (AvgIpc) is 2.66. The quantitative estimate of drug-likeness (QED) is 0.846. The van der Waals surface area contributed by atoms with Gasteiger partial charge in [0.25, 0.3) is 0 Å². The lowest BCUT2D eigenvalue weighted by Crippen LogP contribution is -1.97. The second-order valence-electron chi connectivity index (χ2n) is 3.12. The minimum absolute atomic E-state index is 0.470. The first-order valence-electron chi connectivity index (χ1n) is 4.54. The van der Waals surface area contributed by atoms with Crippen molar-refractivity contribution < 1.29 is 0 Å². The van der Waals surface area contributed by atoms with Crippen LogP contribution in [0.15, 0.2) is 23.6 Å². The van der Waals surface area contributed by atoms with Crippen LogP contribution >= 0.6 is 23.4 Å². The predicted octanol–water partition coefficient (Wildman–Crippen LogP) is 1.74. The van der Waals surface area contributed by atoms with Crippen molar-refractivity contribution in [3.05, 3.63) is 29.2 Å². The van der Waals surface area contributed by atoms with E-state index in [1.54, 1.807) is 16.8 Å². The minimum atomic E-state index is 0.470. The van der Waals surface area contributed by atoms with E-state index in [0.717, 1.165) is 10.9 Å². The molecule has 0 saturated carbocycles. The van der Waals surface area contributed by atoms with E-state index in [9.17, 15) is 0 Å². The first-order valence-corrected chi connectivity index (χ1v) is 5.91. The topological polar surface area (TPSA) is 69.6 Å². The van der Waals surface area contributed by atoms with Crippen molar-refractivity contribution in [1.29, 1.82) is 0 Å². The molecule has 2 N–H and O–H groups in total. The number of thioether (sulfide) groups is 1. The Hall–Kier alpha value is -1.27. The summed E-state index contributed by atoms with van der Waals surface area (Å²) in [7, 11) is 1.84. The molecule has 0 aliphatic rings. The molecule has 0 bridgehead atoms. The smallest absolute Gasteiger partial charge is 0.186 e. The fourth-order valence-corrected chi connectivity index (χ4v) is 2.24. The van der Waals surface area contributed by atoms with Crippen molar-refractivity contribution in [3.8, 4) is 0 Å². The molecular weight excluding hydrogens is 246 g/mol. The zero-order chi connectivity index (χ0) is 11.5. The molecule has 84 valence electrons. The van der Waals surface area contributed by atoms with Gasteiger partial charge in [-0.05, 0) is 12.1 Å². The van der Waals surface area contributed by atoms with E-state index in [2.05, 4.69) is 15.1 Å². The number of nitrogen functional groups attached to an aromatic ring is 1. The number of hydrogen-bond donors (Lipinski definition) is 1. The standard InChI is InChI=1S/C9H10ClN5S/c1-15-9(12-5-13-15)16-4-7-6(10)2-3-8(11)14-7/h2-3,5H,4H2,1H3,(H2,11,14). The fourth-order valence-electron chi connectivity index (χ4n) is 1.15. The largest absolute Gasteiger partial charge is 0.384 e. The molecule has 0 fully saturated rings. The molecule has 0 atom stereocenters. The lowest BCUT2D eigenvalue weighted by atomic mass is 10.4. The van der Waals surface area contributed by atoms with Gasteiger partial charge in [0.05, 0.1) is 10.7 Å². The average molecular weight is 256 g/mol. The summed E-state index contributed by atoms with van der Waals surface area (Å²) >= 11 is 7.52. The Morgan fingerprint density at radius 2 is 2.31 bits per heavy atom. The highest BCUT2D eigenvalue weighted by molar-refractivity contribution is 7.98. The Balaban J connectivity index is 2.10. The Morgan fingerprint density at radius 1 is 1.50 bits per heavy atom. The molecule has 0 aliphatic carbocycles. The van der Waals surface area contributed by atoms with Gasteiger partial charge in [0, 0.05) is 12.8 Å². The Morgan fingerprint density at radius 3 is 3.00 bits per heavy atom. The third-order valence-electron chi connectivity index (χ3n) is 1.95. The molecule has 5 nitrogen and oxygen atoms in total. The molecule has 2 rings (SSSR count). The molecule has 2 heterocycles. The summed E-state index contributed by atoms with van der Waals surface area (Å²) in [5.41, 5.74) is 6.35. The molecular formula is C9H10ClN5S. The van der Waals surface area contributed by atoms with Crippen molar-refractivity contribution in [2.45, 2.75) is 10.9 Å². The maximum atomic E-state index is 6.00. The summed E-state index contributed by atoms with van der Waals surface area (Å²) in [6, 6.07) is 3.43. The fraction of sp³-hybridized carbons (Fsp3) is 0.222. The molecule has 0 unspecified atom stereocenters. The summed E-state index contributed by atoms with van der Waals surface area (Å²) in [6.45, 7) is 0. The van der Waals surface area contributed by atoms with Gasteiger partial charge in [-0.15, -0.1) is 0 Å². The predicted molar refractivity (Wildman–Crippen MR) is 64.2 cm³/mol. The van der Waals surface area contributed by atoms with Gasteiger partial charge < -0.3 is 5.73 Å². The van der Waals surface area contributed by atoms with Gasteiger partial charge in [-0.3, -0.25) is 0 Å². The maximum Gasteiger partial charge on any atom is 0.186 e. The summed E-state index contributed by atoms with van der Waals surface area (Å²) in [5, 5.41) is 5.41. The Bertz CT molecular complexity index is 498. The van der Waals surface area contributed by atoms with Gasteiger partial charge in [-0.2, -0.15) is 5.10 Å². The number of nitrogens with two attached hydrogens (primary N) is 1. The number of halogens is 1. The Labute approximate surface area is 102 Å². The molecule has 0 spiro atoms. The van der Waals surface area contributed by atoms with E-state index in [1.807, 2.05) is 7.05 Å². The van der Waals surface area contributed by atoms with Crippen LogP contribution < -0.4 is 5.73 Å². The lowest BCUT2D eigenvalue weighted by molar-refractivity contribution is 0.685. The van der Waals surface area contributed by atoms with E-state index in [0.29, 0.717) is 16.6 Å². The van der Waals surface area contributed by atoms with Crippen LogP contribution in [0.1, 0.15) is 5.69 Å². The number of nitrogens with zero attached hydrogens (tertiary/aromatic N) is 4. The van der Waals surface area contributed by atoms with Crippen molar-refractivity contribution in [3.63, 3.8) is 0 Å². The van der Waals surface area contributed by atoms with Crippen LogP contribution in [-0.4, -0.2) is 19.7 Å². The van der Waals surface area contributed by atoms with Crippen LogP contribution in [0.4, 0.5) is 5.82 Å². The summed E-state index contributed by atoms with van der Waals surface area (Å²) < 4.78 is 1.70. The monoisotopic (exact) mass is 255 g/mol. The van der Waals surface area contributed by atoms with Gasteiger partial charge in [0.1, 0.15) is 12.1 Å². The van der Waals surface area contributed by atoms with Gasteiger partial charge in [0.2, 0.25) is 0 Å². The molecule has 0 radical (unpaired) electrons. The van der Waals surface area contributed by atoms with E-state index >= 15 is 0 Å². The number of anilines is 1. The SMILES string of the molecule is Cn1ncnc1SCc1nc(N)ccc1Cl. The molecule has 0 aliphatic heterocycles. The molecule has 16 heavy (non-hydrogen) atoms. The first-order chi connectivity index (χ1) is 7.66. The number of rotatable bonds is 3. The highest BCUT2D eigenvalue weighted by Crippen LogP contribution is 2.24. The van der Waals surface area contributed by atoms with Crippen LogP contribution in [-0.2, 0) is 12.8 Å². The van der Waals surface area contributed by atoms with Gasteiger partial charge in [-0.1, -0.05) is 23.4 Å². The molecule has 7 heteroatoms. The number of aromatic nitrogens is 4. The van der Waals surface area contributed by atoms with Crippen LogP contribution in [0.3, 0.4) is 0 Å². The highest BCUT2D eigenvalue weighted by Gasteiger charge is 2.06. The summed E-state index contributed by atoms with van der Waals surface area (Å²) in [6.07, 6.45) is 1.51. The third kappa shape index (κ3) is 2.45. The lowest BCUT2D eigenvalue weighted by Gasteiger charge is -2.03. The van der Waals surface area contributed by atoms with Crippen molar-refractivity contribution >= 4 is 29.2 Å². The summed E-state index contributed by atoms with van der Waals surface area (Å²) in [5.74, 6) is 1.09. The number of hydrogen-bond acceptors (Lipinski definition) is 5. The van der Waals surface area contributed by atoms with Crippen molar-refractivity contribution in [1.82, 2.24) is 19.7 Å². The van der Waals surface area contributed by atoms with Gasteiger partial charge in [0.15, 0.2) is 5.16 Å². The zero-order valence-corrected chi connectivity index (χ0v) is 10.2. The van der Waals surface area contributed by atoms with Crippen molar-refractivity contribution in [2.75, 3.05) is 5.73 Å². The molecule has 0 saturated heterocycles. The minimum Gasteiger partial charge on any atom is -0.384 e. The number of pyridine rings is 1. The van der Waals surface area contributed by atoms with E-state index in [4.69, 9.17) is 17.3 Å². The normalized spacial score (nSPS) is 10.6. The van der Waals surface area contributed by atoms with E-state index in [1.165, 1.54) is 18.1 Å². The summed E-state index contributed by atoms with van der Waals surface area (Å²) in [4.78, 5) is 8.27. The maximum absolute atomic E-state index is 6.00. The van der Waals surface area contributed by atoms with Gasteiger partial charge >= 0.3 is 0 Å². The van der Waals surface area contributed by atoms with Crippen LogP contribution in [0.2, 0.25) is 5.02 Å². The highest BCUT2D eigenvalue weighted by atomic mass is 35.5. The van der Waals surface area contributed by atoms with E-state index < -0.39 is 0 Å². The van der Waals surface area contributed by atoms with Crippen LogP contribution in [0, 0.1) is 0 Å². The molecule has 0 amide bonds. The van der Waals surface area contributed by atoms with Gasteiger partial charge in [-0.25, -0.2) is 14.6 Å². The Kier molecular flexibility index (Phi) is 3.31. The number of aryl methyl sites for hydroxylation is 1. The molecule has 0 aromatic carbocycles. The first kappa shape index (κ1) is 11.2. The van der Waals surface area contributed by atoms with Crippen LogP contribution in [0.5, 0.6) is 0 Å². The second-order valence-corrected chi connectivity index (χ2v) is 4.47. The van der Waals surface area contributed by atoms with Crippen LogP contribution in [0.25, 0.3) is 0 Å². The van der Waals surface area contributed by atoms with E-state index in [-0.39, 0.29) is 0 Å². The van der Waals surface area contributed by atoms with Crippen molar-refractivity contribution in [2.24, 2.45) is 7.05 Å². The second kappa shape index (κ2) is 4.71. The molecule has 2 aromatic rings. The molecule has 2 aromatic heterocycles. The third-order valence-corrected chi connectivity index (χ3v) is 3.34. The zero-order valence-electron chi connectivity index (χ0n) is 8.59.